The Morgan fingerprint density at radius 3 is 2.74 bits per heavy atom. The van der Waals surface area contributed by atoms with Crippen LogP contribution >= 0.6 is 11.6 Å². The predicted octanol–water partition coefficient (Wildman–Crippen LogP) is 5.43. The van der Waals surface area contributed by atoms with E-state index >= 15 is 0 Å². The van der Waals surface area contributed by atoms with Crippen molar-refractivity contribution in [3.63, 3.8) is 0 Å². The molecule has 4 rings (SSSR count). The number of fused-ring (bicyclic) bond motifs is 3. The van der Waals surface area contributed by atoms with Crippen LogP contribution < -0.4 is 0 Å². The number of hydrogen-bond donors (Lipinski definition) is 1. The van der Waals surface area contributed by atoms with E-state index in [1.807, 2.05) is 18.2 Å². The average molecular weight is 388 g/mol. The molecule has 3 nitrogen and oxygen atoms in total. The van der Waals surface area contributed by atoms with Crippen LogP contribution in [0.1, 0.15) is 29.7 Å². The zero-order chi connectivity index (χ0) is 19.1. The first-order valence-corrected chi connectivity index (χ1v) is 8.98. The summed E-state index contributed by atoms with van der Waals surface area (Å²) in [5.41, 5.74) is 3.12. The maximum atomic E-state index is 14.8. The second kappa shape index (κ2) is 6.82. The first kappa shape index (κ1) is 17.7. The molecule has 1 N–H and O–H groups in total. The molecule has 1 aliphatic rings. The molecule has 0 saturated heterocycles. The van der Waals surface area contributed by atoms with Crippen LogP contribution in [0.3, 0.4) is 0 Å². The minimum Gasteiger partial charge on any atom is -0.481 e. The number of aryl methyl sites for hydroxylation is 1. The number of rotatable bonds is 4. The Kier molecular flexibility index (Phi) is 4.48. The number of allylic oxidation sites excluding steroid dienone is 1. The van der Waals surface area contributed by atoms with E-state index in [4.69, 9.17) is 11.6 Å². The van der Waals surface area contributed by atoms with Gasteiger partial charge in [-0.1, -0.05) is 35.9 Å². The number of aliphatic carboxylic acids is 1. The van der Waals surface area contributed by atoms with Crippen LogP contribution in [0, 0.1) is 11.6 Å². The van der Waals surface area contributed by atoms with Crippen LogP contribution in [0.2, 0.25) is 5.02 Å². The van der Waals surface area contributed by atoms with Crippen molar-refractivity contribution in [2.24, 2.45) is 0 Å². The normalized spacial score (nSPS) is 13.5. The molecule has 0 fully saturated rings. The highest BCUT2D eigenvalue weighted by molar-refractivity contribution is 6.31. The number of carboxylic acid groups (broad SMARTS) is 1. The van der Waals surface area contributed by atoms with Crippen LogP contribution in [-0.4, -0.2) is 15.6 Å². The Balaban J connectivity index is 2.00. The molecule has 2 aromatic carbocycles. The highest BCUT2D eigenvalue weighted by Crippen LogP contribution is 2.39. The maximum Gasteiger partial charge on any atom is 0.307 e. The molecular weight excluding hydrogens is 372 g/mol. The van der Waals surface area contributed by atoms with Gasteiger partial charge in [-0.25, -0.2) is 8.78 Å². The molecule has 1 heterocycles. The van der Waals surface area contributed by atoms with Crippen molar-refractivity contribution >= 4 is 34.0 Å². The van der Waals surface area contributed by atoms with Gasteiger partial charge in [0.1, 0.15) is 11.6 Å². The number of nitrogens with zero attached hydrogens (tertiary/aromatic N) is 1. The van der Waals surface area contributed by atoms with Crippen molar-refractivity contribution in [3.05, 3.63) is 76.0 Å². The van der Waals surface area contributed by atoms with E-state index in [0.717, 1.165) is 17.2 Å². The quantitative estimate of drug-likeness (QED) is 0.649. The Morgan fingerprint density at radius 1 is 1.22 bits per heavy atom. The zero-order valence-electron chi connectivity index (χ0n) is 14.3. The molecule has 6 heteroatoms. The second-order valence-corrected chi connectivity index (χ2v) is 7.03. The van der Waals surface area contributed by atoms with Crippen LogP contribution in [-0.2, 0) is 17.8 Å². The molecule has 0 bridgehead atoms. The summed E-state index contributed by atoms with van der Waals surface area (Å²) in [5, 5.41) is 10.3. The lowest BCUT2D eigenvalue weighted by Gasteiger charge is -2.18. The summed E-state index contributed by atoms with van der Waals surface area (Å²) < 4.78 is 30.4. The number of carbonyl (C=O) groups is 1. The van der Waals surface area contributed by atoms with Crippen molar-refractivity contribution < 1.29 is 18.7 Å². The van der Waals surface area contributed by atoms with Crippen molar-refractivity contribution in [2.45, 2.75) is 25.8 Å². The Bertz CT molecular complexity index is 1100. The van der Waals surface area contributed by atoms with Crippen molar-refractivity contribution in [1.82, 2.24) is 4.57 Å². The van der Waals surface area contributed by atoms with Crippen LogP contribution in [0.25, 0.3) is 16.5 Å². The molecule has 0 spiro atoms. The van der Waals surface area contributed by atoms with Gasteiger partial charge in [-0.05, 0) is 41.7 Å². The molecule has 0 atom stereocenters. The molecule has 0 radical (unpaired) electrons. The summed E-state index contributed by atoms with van der Waals surface area (Å²) in [5.74, 6) is -2.27. The summed E-state index contributed by atoms with van der Waals surface area (Å²) in [4.78, 5) is 11.3. The van der Waals surface area contributed by atoms with Crippen molar-refractivity contribution in [3.8, 4) is 0 Å². The molecule has 0 aliphatic heterocycles. The van der Waals surface area contributed by atoms with Gasteiger partial charge in [0.25, 0.3) is 0 Å². The van der Waals surface area contributed by atoms with Gasteiger partial charge in [0.05, 0.1) is 11.9 Å². The molecule has 0 unspecified atom stereocenters. The van der Waals surface area contributed by atoms with E-state index < -0.39 is 17.6 Å². The number of aromatic nitrogens is 1. The smallest absolute Gasteiger partial charge is 0.307 e. The van der Waals surface area contributed by atoms with E-state index in [1.54, 1.807) is 16.7 Å². The molecule has 0 saturated carbocycles. The van der Waals surface area contributed by atoms with Gasteiger partial charge in [-0.15, -0.1) is 0 Å². The fourth-order valence-electron chi connectivity index (χ4n) is 3.85. The van der Waals surface area contributed by atoms with Gasteiger partial charge in [0, 0.05) is 28.7 Å². The Morgan fingerprint density at radius 2 is 2.00 bits per heavy atom. The number of benzene rings is 2. The molecule has 1 aliphatic carbocycles. The summed E-state index contributed by atoms with van der Waals surface area (Å²) in [6.45, 7) is 0.269. The first-order valence-electron chi connectivity index (χ1n) is 8.60. The van der Waals surface area contributed by atoms with Gasteiger partial charge < -0.3 is 9.67 Å². The lowest BCUT2D eigenvalue weighted by Crippen LogP contribution is -2.11. The predicted molar refractivity (Wildman–Crippen MR) is 101 cm³/mol. The minimum absolute atomic E-state index is 0.171. The van der Waals surface area contributed by atoms with Gasteiger partial charge in [-0.3, -0.25) is 4.79 Å². The molecule has 3 aromatic rings. The third kappa shape index (κ3) is 3.12. The molecular formula is C21H16ClF2NO2. The van der Waals surface area contributed by atoms with Crippen LogP contribution in [0.15, 0.2) is 42.5 Å². The van der Waals surface area contributed by atoms with E-state index in [9.17, 15) is 18.7 Å². The topological polar surface area (TPSA) is 42.2 Å². The molecule has 1 aromatic heterocycles. The Labute approximate surface area is 159 Å². The monoisotopic (exact) mass is 387 g/mol. The van der Waals surface area contributed by atoms with Crippen LogP contribution in [0.4, 0.5) is 8.78 Å². The minimum atomic E-state index is -0.963. The van der Waals surface area contributed by atoms with E-state index in [1.165, 1.54) is 6.07 Å². The highest BCUT2D eigenvalue weighted by Gasteiger charge is 2.26. The summed E-state index contributed by atoms with van der Waals surface area (Å²) in [6, 6.07) is 9.41. The Hall–Kier alpha value is -2.66. The van der Waals surface area contributed by atoms with Gasteiger partial charge in [0.2, 0.25) is 0 Å². The molecule has 0 amide bonds. The number of halogens is 3. The number of hydrogen-bond acceptors (Lipinski definition) is 1. The van der Waals surface area contributed by atoms with E-state index in [-0.39, 0.29) is 18.5 Å². The van der Waals surface area contributed by atoms with Crippen LogP contribution in [0.5, 0.6) is 0 Å². The number of carboxylic acids is 1. The summed E-state index contributed by atoms with van der Waals surface area (Å²) in [7, 11) is 0. The largest absolute Gasteiger partial charge is 0.481 e. The van der Waals surface area contributed by atoms with Gasteiger partial charge in [0.15, 0.2) is 0 Å². The van der Waals surface area contributed by atoms with E-state index in [2.05, 4.69) is 0 Å². The SMILES string of the molecule is O=C(O)CC1=CCCc2c1n(Cc1ccccc1Cl)c1c(F)cc(F)cc21. The first-order chi connectivity index (χ1) is 13.0. The summed E-state index contributed by atoms with van der Waals surface area (Å²) >= 11 is 6.29. The highest BCUT2D eigenvalue weighted by atomic mass is 35.5. The summed E-state index contributed by atoms with van der Waals surface area (Å²) in [6.07, 6.45) is 2.94. The third-order valence-corrected chi connectivity index (χ3v) is 5.26. The molecule has 27 heavy (non-hydrogen) atoms. The maximum absolute atomic E-state index is 14.8. The third-order valence-electron chi connectivity index (χ3n) is 4.90. The lowest BCUT2D eigenvalue weighted by atomic mass is 9.93. The average Bonchev–Trinajstić information content (AvgIpc) is 2.91. The second-order valence-electron chi connectivity index (χ2n) is 6.63. The fraction of sp³-hybridized carbons (Fsp3) is 0.190. The van der Waals surface area contributed by atoms with Gasteiger partial charge in [-0.2, -0.15) is 0 Å². The zero-order valence-corrected chi connectivity index (χ0v) is 15.1. The fourth-order valence-corrected chi connectivity index (χ4v) is 4.05. The van der Waals surface area contributed by atoms with Gasteiger partial charge >= 0.3 is 5.97 Å². The van der Waals surface area contributed by atoms with Crippen molar-refractivity contribution in [1.29, 1.82) is 0 Å². The lowest BCUT2D eigenvalue weighted by molar-refractivity contribution is -0.135. The van der Waals surface area contributed by atoms with E-state index in [0.29, 0.717) is 34.5 Å². The molecule has 138 valence electrons. The standard InChI is InChI=1S/C21H16ClF2NO2/c22-17-7-2-1-4-13(17)11-25-20-12(8-19(26)27)5-3-6-15(20)16-9-14(23)10-18(24)21(16)25/h1-2,4-5,7,9-10H,3,6,8,11H2,(H,26,27). The van der Waals surface area contributed by atoms with Crippen molar-refractivity contribution in [2.75, 3.05) is 0 Å².